The molecule has 0 aliphatic carbocycles. The van der Waals surface area contributed by atoms with Crippen molar-refractivity contribution in [3.05, 3.63) is 59.9 Å². The molecule has 2 rings (SSSR count). The molecule has 0 fully saturated rings. The standard InChI is InChI=1S/C18H22N2O2/c1-22-17-9-3-2-8-16(17)11-13-20-18(21)10-4-6-15-7-5-12-19-14-15/h2-3,5,7-9,12,14H,4,6,10-11,13H2,1H3,(H,20,21). The summed E-state index contributed by atoms with van der Waals surface area (Å²) in [7, 11) is 1.66. The molecule has 116 valence electrons. The highest BCUT2D eigenvalue weighted by atomic mass is 16.5. The van der Waals surface area contributed by atoms with Gasteiger partial charge in [-0.25, -0.2) is 0 Å². The van der Waals surface area contributed by atoms with Gasteiger partial charge in [-0.15, -0.1) is 0 Å². The Morgan fingerprint density at radius 1 is 1.18 bits per heavy atom. The summed E-state index contributed by atoms with van der Waals surface area (Å²) in [5, 5.41) is 2.96. The van der Waals surface area contributed by atoms with Gasteiger partial charge in [-0.1, -0.05) is 24.3 Å². The number of amides is 1. The van der Waals surface area contributed by atoms with Crippen LogP contribution in [-0.2, 0) is 17.6 Å². The predicted molar refractivity (Wildman–Crippen MR) is 86.9 cm³/mol. The molecule has 0 aliphatic heterocycles. The summed E-state index contributed by atoms with van der Waals surface area (Å²) in [5.74, 6) is 0.965. The number of benzene rings is 1. The molecule has 0 bridgehead atoms. The summed E-state index contributed by atoms with van der Waals surface area (Å²) in [6.45, 7) is 0.631. The fourth-order valence-electron chi connectivity index (χ4n) is 2.33. The third kappa shape index (κ3) is 5.20. The predicted octanol–water partition coefficient (Wildman–Crippen LogP) is 2.77. The minimum absolute atomic E-state index is 0.0961. The van der Waals surface area contributed by atoms with Crippen molar-refractivity contribution in [2.45, 2.75) is 25.7 Å². The third-order valence-electron chi connectivity index (χ3n) is 3.50. The van der Waals surface area contributed by atoms with Crippen LogP contribution >= 0.6 is 0 Å². The highest BCUT2D eigenvalue weighted by Crippen LogP contribution is 2.17. The molecule has 1 aromatic carbocycles. The van der Waals surface area contributed by atoms with Crippen molar-refractivity contribution >= 4 is 5.91 Å². The van der Waals surface area contributed by atoms with E-state index in [-0.39, 0.29) is 5.91 Å². The van der Waals surface area contributed by atoms with E-state index in [0.29, 0.717) is 13.0 Å². The van der Waals surface area contributed by atoms with Gasteiger partial charge >= 0.3 is 0 Å². The Kier molecular flexibility index (Phi) is 6.42. The van der Waals surface area contributed by atoms with Crippen LogP contribution in [0.25, 0.3) is 0 Å². The maximum Gasteiger partial charge on any atom is 0.220 e. The zero-order valence-electron chi connectivity index (χ0n) is 12.9. The smallest absolute Gasteiger partial charge is 0.220 e. The van der Waals surface area contributed by atoms with E-state index in [9.17, 15) is 4.79 Å². The molecule has 0 atom stereocenters. The molecule has 0 saturated carbocycles. The van der Waals surface area contributed by atoms with Crippen LogP contribution in [0.3, 0.4) is 0 Å². The molecule has 4 heteroatoms. The van der Waals surface area contributed by atoms with Gasteiger partial charge in [-0.05, 0) is 42.5 Å². The first kappa shape index (κ1) is 16.0. The highest BCUT2D eigenvalue weighted by Gasteiger charge is 2.04. The molecule has 0 aliphatic rings. The van der Waals surface area contributed by atoms with Gasteiger partial charge in [0.2, 0.25) is 5.91 Å². The summed E-state index contributed by atoms with van der Waals surface area (Å²) in [5.41, 5.74) is 2.28. The Bertz CT molecular complexity index is 585. The van der Waals surface area contributed by atoms with E-state index in [1.54, 1.807) is 13.3 Å². The van der Waals surface area contributed by atoms with Crippen LogP contribution in [0.5, 0.6) is 5.75 Å². The molecule has 1 heterocycles. The van der Waals surface area contributed by atoms with Gasteiger partial charge in [-0.3, -0.25) is 9.78 Å². The van der Waals surface area contributed by atoms with Gasteiger partial charge < -0.3 is 10.1 Å². The minimum atomic E-state index is 0.0961. The van der Waals surface area contributed by atoms with Crippen molar-refractivity contribution in [2.75, 3.05) is 13.7 Å². The van der Waals surface area contributed by atoms with Crippen LogP contribution in [-0.4, -0.2) is 24.5 Å². The summed E-state index contributed by atoms with van der Waals surface area (Å²) in [4.78, 5) is 15.9. The average Bonchev–Trinajstić information content (AvgIpc) is 2.56. The average molecular weight is 298 g/mol. The number of carbonyl (C=O) groups excluding carboxylic acids is 1. The van der Waals surface area contributed by atoms with Crippen LogP contribution in [0.1, 0.15) is 24.0 Å². The number of ether oxygens (including phenoxy) is 1. The fourth-order valence-corrected chi connectivity index (χ4v) is 2.33. The topological polar surface area (TPSA) is 51.2 Å². The monoisotopic (exact) mass is 298 g/mol. The van der Waals surface area contributed by atoms with E-state index >= 15 is 0 Å². The number of rotatable bonds is 8. The van der Waals surface area contributed by atoms with Crippen molar-refractivity contribution in [1.29, 1.82) is 0 Å². The highest BCUT2D eigenvalue weighted by molar-refractivity contribution is 5.75. The molecule has 2 aromatic rings. The number of aromatic nitrogens is 1. The molecule has 1 amide bonds. The lowest BCUT2D eigenvalue weighted by molar-refractivity contribution is -0.121. The summed E-state index contributed by atoms with van der Waals surface area (Å²) >= 11 is 0. The number of nitrogens with zero attached hydrogens (tertiary/aromatic N) is 1. The van der Waals surface area contributed by atoms with Gasteiger partial charge in [0, 0.05) is 25.4 Å². The zero-order chi connectivity index (χ0) is 15.6. The lowest BCUT2D eigenvalue weighted by Gasteiger charge is -2.09. The molecule has 22 heavy (non-hydrogen) atoms. The van der Waals surface area contributed by atoms with Crippen molar-refractivity contribution in [2.24, 2.45) is 0 Å². The normalized spacial score (nSPS) is 10.2. The number of nitrogens with one attached hydrogen (secondary N) is 1. The summed E-state index contributed by atoms with van der Waals surface area (Å²) in [6.07, 6.45) is 6.65. The maximum absolute atomic E-state index is 11.8. The van der Waals surface area contributed by atoms with Gasteiger partial charge in [0.1, 0.15) is 5.75 Å². The van der Waals surface area contributed by atoms with Gasteiger partial charge in [0.25, 0.3) is 0 Å². The Balaban J connectivity index is 1.65. The van der Waals surface area contributed by atoms with Crippen LogP contribution in [0, 0.1) is 0 Å². The Labute approximate surface area is 131 Å². The van der Waals surface area contributed by atoms with E-state index in [4.69, 9.17) is 4.74 Å². The SMILES string of the molecule is COc1ccccc1CCNC(=O)CCCc1cccnc1. The van der Waals surface area contributed by atoms with Gasteiger partial charge in [0.15, 0.2) is 0 Å². The van der Waals surface area contributed by atoms with E-state index in [1.165, 1.54) is 5.56 Å². The molecule has 0 saturated heterocycles. The molecule has 1 aromatic heterocycles. The Morgan fingerprint density at radius 2 is 2.05 bits per heavy atom. The van der Waals surface area contributed by atoms with Crippen molar-refractivity contribution in [1.82, 2.24) is 10.3 Å². The maximum atomic E-state index is 11.8. The minimum Gasteiger partial charge on any atom is -0.496 e. The largest absolute Gasteiger partial charge is 0.496 e. The van der Waals surface area contributed by atoms with Crippen LogP contribution < -0.4 is 10.1 Å². The Hall–Kier alpha value is -2.36. The van der Waals surface area contributed by atoms with Crippen molar-refractivity contribution in [3.63, 3.8) is 0 Å². The molecule has 0 radical (unpaired) electrons. The van der Waals surface area contributed by atoms with Crippen LogP contribution in [0.4, 0.5) is 0 Å². The summed E-state index contributed by atoms with van der Waals surface area (Å²) in [6, 6.07) is 11.8. The first-order valence-corrected chi connectivity index (χ1v) is 7.57. The molecule has 4 nitrogen and oxygen atoms in total. The number of hydrogen-bond donors (Lipinski definition) is 1. The van der Waals surface area contributed by atoms with Crippen molar-refractivity contribution in [3.8, 4) is 5.75 Å². The van der Waals surface area contributed by atoms with E-state index in [1.807, 2.05) is 42.6 Å². The van der Waals surface area contributed by atoms with Crippen molar-refractivity contribution < 1.29 is 9.53 Å². The van der Waals surface area contributed by atoms with Gasteiger partial charge in [0.05, 0.1) is 7.11 Å². The quantitative estimate of drug-likeness (QED) is 0.815. The molecular weight excluding hydrogens is 276 g/mol. The van der Waals surface area contributed by atoms with E-state index in [2.05, 4.69) is 10.3 Å². The second-order valence-corrected chi connectivity index (χ2v) is 5.13. The molecule has 1 N–H and O–H groups in total. The molecule has 0 unspecified atom stereocenters. The zero-order valence-corrected chi connectivity index (χ0v) is 12.9. The molecule has 0 spiro atoms. The van der Waals surface area contributed by atoms with Crippen LogP contribution in [0.15, 0.2) is 48.8 Å². The summed E-state index contributed by atoms with van der Waals surface area (Å²) < 4.78 is 5.30. The number of carbonyl (C=O) groups is 1. The molecular formula is C18H22N2O2. The van der Waals surface area contributed by atoms with E-state index < -0.39 is 0 Å². The Morgan fingerprint density at radius 3 is 2.82 bits per heavy atom. The number of pyridine rings is 1. The number of aryl methyl sites for hydroxylation is 1. The van der Waals surface area contributed by atoms with Gasteiger partial charge in [-0.2, -0.15) is 0 Å². The number of para-hydroxylation sites is 1. The first-order chi connectivity index (χ1) is 10.8. The number of methoxy groups -OCH3 is 1. The fraction of sp³-hybridized carbons (Fsp3) is 0.333. The second kappa shape index (κ2) is 8.82. The lowest BCUT2D eigenvalue weighted by Crippen LogP contribution is -2.25. The number of hydrogen-bond acceptors (Lipinski definition) is 3. The van der Waals surface area contributed by atoms with E-state index in [0.717, 1.165) is 30.6 Å². The second-order valence-electron chi connectivity index (χ2n) is 5.13. The lowest BCUT2D eigenvalue weighted by atomic mass is 10.1. The van der Waals surface area contributed by atoms with Crippen LogP contribution in [0.2, 0.25) is 0 Å². The third-order valence-corrected chi connectivity index (χ3v) is 3.50. The first-order valence-electron chi connectivity index (χ1n) is 7.57.